The van der Waals surface area contributed by atoms with Crippen LogP contribution in [0, 0.1) is 0 Å². The summed E-state index contributed by atoms with van der Waals surface area (Å²) in [7, 11) is 0. The van der Waals surface area contributed by atoms with Crippen molar-refractivity contribution < 1.29 is 117 Å². The summed E-state index contributed by atoms with van der Waals surface area (Å²) < 4.78 is 172. The van der Waals surface area contributed by atoms with Gasteiger partial charge in [0.1, 0.15) is 0 Å². The van der Waals surface area contributed by atoms with Gasteiger partial charge in [0.25, 0.3) is 0 Å². The maximum absolute atomic E-state index is 8.59. The summed E-state index contributed by atoms with van der Waals surface area (Å²) in [4.78, 5) is 0. The van der Waals surface area contributed by atoms with E-state index in [4.69, 9.17) is 80.2 Å². The third-order valence-corrected chi connectivity index (χ3v) is 0. The van der Waals surface area contributed by atoms with Crippen LogP contribution in [0.1, 0.15) is 0 Å². The van der Waals surface area contributed by atoms with Crippen molar-refractivity contribution in [2.45, 2.75) is 0 Å². The van der Waals surface area contributed by atoms with E-state index in [1.165, 1.54) is 0 Å². The van der Waals surface area contributed by atoms with E-state index >= 15 is 0 Å². The molecule has 0 rings (SSSR count). The smallest absolute Gasteiger partial charge is 5.00 e. The standard InChI is InChI=1S/5H2O4Se.2V/c5*1-5(2,3)4;;/h5*(H2,1,2,3,4);;/q;;;;;2*+5/p-10. The van der Waals surface area contributed by atoms with Crippen molar-refractivity contribution in [3.8, 4) is 0 Å². The number of hydrogen-bond acceptors (Lipinski definition) is 20. The Bertz CT molecular complexity index is 619. The molecule has 0 amide bonds. The molecule has 0 radical (unpaired) electrons. The predicted molar refractivity (Wildman–Crippen MR) is 35.6 cm³/mol. The van der Waals surface area contributed by atoms with Gasteiger partial charge in [-0.1, -0.05) is 0 Å². The van der Waals surface area contributed by atoms with Gasteiger partial charge in [0, 0.05) is 0 Å². The second-order valence-electron chi connectivity index (χ2n) is 2.04. The first-order chi connectivity index (χ1) is 10.0. The average molecular weight is 817 g/mol. The molecule has 0 aromatic carbocycles. The van der Waals surface area contributed by atoms with Crippen LogP contribution in [0.25, 0.3) is 0 Å². The Morgan fingerprint density at radius 3 is 0.259 bits per heavy atom. The van der Waals surface area contributed by atoms with E-state index in [-0.39, 0.29) is 37.1 Å². The van der Waals surface area contributed by atoms with E-state index in [1.807, 2.05) is 0 Å². The van der Waals surface area contributed by atoms with Gasteiger partial charge in [-0.15, -0.1) is 0 Å². The van der Waals surface area contributed by atoms with Gasteiger partial charge in [-0.25, -0.2) is 0 Å². The third kappa shape index (κ3) is 9430. The Morgan fingerprint density at radius 1 is 0.259 bits per heavy atom. The molecule has 0 saturated heterocycles. The van der Waals surface area contributed by atoms with Gasteiger partial charge < -0.3 is 0 Å². The van der Waals surface area contributed by atoms with Crippen LogP contribution in [0.2, 0.25) is 0 Å². The summed E-state index contributed by atoms with van der Waals surface area (Å²) in [6, 6.07) is 0. The Kier molecular flexibility index (Phi) is 33.3. The van der Waals surface area contributed by atoms with E-state index in [0.29, 0.717) is 0 Å². The molecule has 0 N–H and O–H groups in total. The fourth-order valence-corrected chi connectivity index (χ4v) is 0. The van der Waals surface area contributed by atoms with E-state index in [0.717, 1.165) is 0 Å². The molecule has 0 atom stereocenters. The van der Waals surface area contributed by atoms with Crippen LogP contribution < -0.4 is 41.9 Å². The summed E-state index contributed by atoms with van der Waals surface area (Å²) in [5, 5.41) is 0. The molecule has 0 heterocycles. The molecule has 27 heteroatoms. The van der Waals surface area contributed by atoms with Crippen molar-refractivity contribution >= 4 is 66.8 Å². The summed E-state index contributed by atoms with van der Waals surface area (Å²) in [5.41, 5.74) is 0. The zero-order valence-electron chi connectivity index (χ0n) is 11.1. The van der Waals surface area contributed by atoms with Gasteiger partial charge in [-0.05, 0) is 0 Å². The second kappa shape index (κ2) is 19.3. The van der Waals surface area contributed by atoms with Gasteiger partial charge in [0.15, 0.2) is 0 Å². The van der Waals surface area contributed by atoms with Crippen LogP contribution in [0.4, 0.5) is 0 Å². The number of rotatable bonds is 0. The first-order valence-electron chi connectivity index (χ1n) is 3.33. The van der Waals surface area contributed by atoms with Crippen LogP contribution in [0.5, 0.6) is 0 Å². The third-order valence-electron chi connectivity index (χ3n) is 0. The Labute approximate surface area is 182 Å². The molecule has 0 spiro atoms. The molecule has 0 aromatic heterocycles. The summed E-state index contributed by atoms with van der Waals surface area (Å²) in [6.45, 7) is 0. The predicted octanol–water partition coefficient (Wildman–Crippen LogP) is -15.0. The fourth-order valence-electron chi connectivity index (χ4n) is 0. The van der Waals surface area contributed by atoms with Crippen molar-refractivity contribution in [2.75, 3.05) is 0 Å². The molecule has 0 saturated carbocycles. The number of hydrogen-bond donors (Lipinski definition) is 0. The Balaban J connectivity index is -0.0000000364. The molecular weight excluding hydrogens is 817 g/mol. The molecule has 0 unspecified atom stereocenters. The maximum Gasteiger partial charge on any atom is 5.00 e. The molecule has 27 heavy (non-hydrogen) atoms. The SMILES string of the molecule is O=[Se](=O)([O-])[O-].O=[Se](=O)([O-])[O-].O=[Se](=O)([O-])[O-].O=[Se](=O)([O-])[O-].O=[Se](=O)([O-])[O-].[V+5].[V+5]. The van der Waals surface area contributed by atoms with Gasteiger partial charge in [0.05, 0.1) is 0 Å². The van der Waals surface area contributed by atoms with E-state index in [9.17, 15) is 0 Å². The zero-order valence-corrected chi connectivity index (χ0v) is 22.5. The minimum atomic E-state index is -5.75. The van der Waals surface area contributed by atoms with Gasteiger partial charge in [-0.2, -0.15) is 0 Å². The van der Waals surface area contributed by atoms with E-state index in [2.05, 4.69) is 0 Å². The van der Waals surface area contributed by atoms with Gasteiger partial charge >= 0.3 is 184 Å². The minimum Gasteiger partial charge on any atom is 5.00 e. The summed E-state index contributed by atoms with van der Waals surface area (Å²) in [6.07, 6.45) is 0. The van der Waals surface area contributed by atoms with E-state index < -0.39 is 66.8 Å². The normalized spacial score (nSPS) is 10.7. The molecule has 20 nitrogen and oxygen atoms in total. The van der Waals surface area contributed by atoms with Crippen molar-refractivity contribution in [3.63, 3.8) is 0 Å². The van der Waals surface area contributed by atoms with Crippen LogP contribution in [0.15, 0.2) is 0 Å². The maximum atomic E-state index is 8.59. The first kappa shape index (κ1) is 46.5. The molecule has 0 aliphatic carbocycles. The minimum absolute atomic E-state index is 0. The summed E-state index contributed by atoms with van der Waals surface area (Å²) >= 11 is -28.8. The van der Waals surface area contributed by atoms with Crippen molar-refractivity contribution in [3.05, 3.63) is 0 Å². The van der Waals surface area contributed by atoms with Gasteiger partial charge in [-0.3, -0.25) is 0 Å². The topological polar surface area (TPSA) is 401 Å². The molecule has 0 bridgehead atoms. The molecule has 0 aromatic rings. The zero-order chi connectivity index (χ0) is 22.5. The average Bonchev–Trinajstić information content (AvgIpc) is 1.79. The van der Waals surface area contributed by atoms with Crippen molar-refractivity contribution in [2.24, 2.45) is 0 Å². The Hall–Kier alpha value is 1.37. The Morgan fingerprint density at radius 2 is 0.259 bits per heavy atom. The van der Waals surface area contributed by atoms with Crippen LogP contribution in [-0.4, -0.2) is 66.8 Å². The molecule has 0 fully saturated rings. The van der Waals surface area contributed by atoms with Crippen LogP contribution in [0.3, 0.4) is 0 Å². The summed E-state index contributed by atoms with van der Waals surface area (Å²) in [5.74, 6) is 0. The largest absolute Gasteiger partial charge is 5.00 e. The van der Waals surface area contributed by atoms with Gasteiger partial charge in [0.2, 0.25) is 0 Å². The molecule has 0 aliphatic heterocycles. The second-order valence-corrected chi connectivity index (χ2v) is 10.6. The first-order valence-corrected chi connectivity index (χ1v) is 17.3. The quantitative estimate of drug-likeness (QED) is 0.205. The molecule has 160 valence electrons. The monoisotopic (exact) mass is 821 g/mol. The van der Waals surface area contributed by atoms with Crippen LogP contribution >= 0.6 is 0 Å². The van der Waals surface area contributed by atoms with Crippen LogP contribution in [-0.2, 0) is 75.5 Å². The van der Waals surface area contributed by atoms with Crippen molar-refractivity contribution in [1.82, 2.24) is 0 Å². The molecule has 0 aliphatic rings. The fraction of sp³-hybridized carbons (Fsp3) is 0. The molecular formula is O20Se5V2. The van der Waals surface area contributed by atoms with Crippen molar-refractivity contribution in [1.29, 1.82) is 0 Å². The van der Waals surface area contributed by atoms with E-state index in [1.54, 1.807) is 0 Å².